The van der Waals surface area contributed by atoms with Gasteiger partial charge in [-0.1, -0.05) is 24.3 Å². The zero-order valence-corrected chi connectivity index (χ0v) is 12.4. The Hall–Kier alpha value is -2.07. The SMILES string of the molecule is CN1CCN(c2cc(CC(N)=O)c3ccccc3c2)CC1. The normalized spacial score (nSPS) is 16.3. The van der Waals surface area contributed by atoms with Crippen molar-refractivity contribution in [2.24, 2.45) is 5.73 Å². The Morgan fingerprint density at radius 2 is 1.86 bits per heavy atom. The van der Waals surface area contributed by atoms with Crippen LogP contribution in [0.3, 0.4) is 0 Å². The van der Waals surface area contributed by atoms with Crippen LogP contribution in [0, 0.1) is 0 Å². The highest BCUT2D eigenvalue weighted by Gasteiger charge is 2.16. The van der Waals surface area contributed by atoms with Gasteiger partial charge in [0.2, 0.25) is 5.91 Å². The molecule has 21 heavy (non-hydrogen) atoms. The van der Waals surface area contributed by atoms with Crippen LogP contribution in [0.5, 0.6) is 0 Å². The van der Waals surface area contributed by atoms with Gasteiger partial charge in [-0.2, -0.15) is 0 Å². The van der Waals surface area contributed by atoms with Crippen molar-refractivity contribution in [2.45, 2.75) is 6.42 Å². The van der Waals surface area contributed by atoms with Gasteiger partial charge in [-0.05, 0) is 35.5 Å². The standard InChI is InChI=1S/C17H21N3O/c1-19-6-8-20(9-7-19)15-10-13-4-2-3-5-16(13)14(11-15)12-17(18)21/h2-5,10-11H,6-9,12H2,1H3,(H2,18,21). The third-order valence-electron chi connectivity index (χ3n) is 4.17. The van der Waals surface area contributed by atoms with Crippen molar-refractivity contribution >= 4 is 22.4 Å². The quantitative estimate of drug-likeness (QED) is 0.931. The Morgan fingerprint density at radius 3 is 2.57 bits per heavy atom. The Kier molecular flexibility index (Phi) is 3.80. The molecule has 0 spiro atoms. The maximum atomic E-state index is 11.3. The van der Waals surface area contributed by atoms with E-state index in [1.54, 1.807) is 0 Å². The summed E-state index contributed by atoms with van der Waals surface area (Å²) >= 11 is 0. The second kappa shape index (κ2) is 5.74. The van der Waals surface area contributed by atoms with E-state index in [0.717, 1.165) is 37.1 Å². The minimum absolute atomic E-state index is 0.282. The molecule has 1 aliphatic rings. The maximum Gasteiger partial charge on any atom is 0.221 e. The summed E-state index contributed by atoms with van der Waals surface area (Å²) in [6, 6.07) is 12.5. The van der Waals surface area contributed by atoms with Gasteiger partial charge in [-0.3, -0.25) is 4.79 Å². The second-order valence-corrected chi connectivity index (χ2v) is 5.76. The summed E-state index contributed by atoms with van der Waals surface area (Å²) in [6.45, 7) is 4.17. The predicted molar refractivity (Wildman–Crippen MR) is 86.6 cm³/mol. The molecule has 1 saturated heterocycles. The molecule has 2 aromatic rings. The fourth-order valence-electron chi connectivity index (χ4n) is 2.95. The van der Waals surface area contributed by atoms with Gasteiger partial charge in [0.1, 0.15) is 0 Å². The van der Waals surface area contributed by atoms with E-state index in [0.29, 0.717) is 6.42 Å². The van der Waals surface area contributed by atoms with Crippen LogP contribution >= 0.6 is 0 Å². The van der Waals surface area contributed by atoms with Crippen LogP contribution in [-0.4, -0.2) is 44.0 Å². The lowest BCUT2D eigenvalue weighted by Gasteiger charge is -2.34. The number of hydrogen-bond donors (Lipinski definition) is 1. The molecule has 1 heterocycles. The maximum absolute atomic E-state index is 11.3. The van der Waals surface area contributed by atoms with E-state index in [9.17, 15) is 4.79 Å². The van der Waals surface area contributed by atoms with Crippen LogP contribution in [0.1, 0.15) is 5.56 Å². The Balaban J connectivity index is 2.01. The summed E-state index contributed by atoms with van der Waals surface area (Å²) in [7, 11) is 2.15. The molecule has 1 aliphatic heterocycles. The molecule has 1 amide bonds. The Bertz CT molecular complexity index is 660. The summed E-state index contributed by atoms with van der Waals surface area (Å²) in [5.74, 6) is -0.282. The van der Waals surface area contributed by atoms with E-state index in [2.05, 4.69) is 41.1 Å². The van der Waals surface area contributed by atoms with Crippen molar-refractivity contribution in [3.8, 4) is 0 Å². The molecule has 3 rings (SSSR count). The summed E-state index contributed by atoms with van der Waals surface area (Å²) in [6.07, 6.45) is 0.294. The van der Waals surface area contributed by atoms with Gasteiger partial charge in [0.05, 0.1) is 6.42 Å². The molecular weight excluding hydrogens is 262 g/mol. The van der Waals surface area contributed by atoms with Gasteiger partial charge >= 0.3 is 0 Å². The Morgan fingerprint density at radius 1 is 1.14 bits per heavy atom. The fraction of sp³-hybridized carbons (Fsp3) is 0.353. The van der Waals surface area contributed by atoms with E-state index in [-0.39, 0.29) is 5.91 Å². The molecular formula is C17H21N3O. The highest BCUT2D eigenvalue weighted by atomic mass is 16.1. The molecule has 0 saturated carbocycles. The van der Waals surface area contributed by atoms with Gasteiger partial charge in [-0.25, -0.2) is 0 Å². The van der Waals surface area contributed by atoms with Crippen LogP contribution < -0.4 is 10.6 Å². The number of carbonyl (C=O) groups excluding carboxylic acids is 1. The van der Waals surface area contributed by atoms with Crippen molar-refractivity contribution in [1.82, 2.24) is 4.90 Å². The van der Waals surface area contributed by atoms with Gasteiger partial charge in [0.15, 0.2) is 0 Å². The summed E-state index contributed by atoms with van der Waals surface area (Å²) < 4.78 is 0. The first-order chi connectivity index (χ1) is 10.1. The zero-order chi connectivity index (χ0) is 14.8. The molecule has 4 heteroatoms. The molecule has 1 fully saturated rings. The van der Waals surface area contributed by atoms with E-state index in [1.165, 1.54) is 11.1 Å². The Labute approximate surface area is 125 Å². The monoisotopic (exact) mass is 283 g/mol. The number of fused-ring (bicyclic) bond motifs is 1. The van der Waals surface area contributed by atoms with Gasteiger partial charge in [0.25, 0.3) is 0 Å². The molecule has 0 radical (unpaired) electrons. The van der Waals surface area contributed by atoms with Crippen molar-refractivity contribution in [3.63, 3.8) is 0 Å². The minimum Gasteiger partial charge on any atom is -0.369 e. The van der Waals surface area contributed by atoms with Crippen LogP contribution in [0.15, 0.2) is 36.4 Å². The number of benzene rings is 2. The molecule has 2 aromatic carbocycles. The molecule has 0 atom stereocenters. The number of nitrogens with zero attached hydrogens (tertiary/aromatic N) is 2. The van der Waals surface area contributed by atoms with E-state index in [4.69, 9.17) is 5.73 Å². The van der Waals surface area contributed by atoms with Crippen molar-refractivity contribution < 1.29 is 4.79 Å². The number of amides is 1. The number of rotatable bonds is 3. The lowest BCUT2D eigenvalue weighted by molar-refractivity contribution is -0.117. The smallest absolute Gasteiger partial charge is 0.221 e. The topological polar surface area (TPSA) is 49.6 Å². The number of carbonyl (C=O) groups is 1. The number of anilines is 1. The van der Waals surface area contributed by atoms with Crippen molar-refractivity contribution in [3.05, 3.63) is 42.0 Å². The van der Waals surface area contributed by atoms with E-state index in [1.807, 2.05) is 12.1 Å². The van der Waals surface area contributed by atoms with E-state index < -0.39 is 0 Å². The lowest BCUT2D eigenvalue weighted by Crippen LogP contribution is -2.44. The average Bonchev–Trinajstić information content (AvgIpc) is 2.47. The number of likely N-dealkylation sites (N-methyl/N-ethyl adjacent to an activating group) is 1. The first-order valence-electron chi connectivity index (χ1n) is 7.37. The minimum atomic E-state index is -0.282. The number of nitrogens with two attached hydrogens (primary N) is 1. The predicted octanol–water partition coefficient (Wildman–Crippen LogP) is 1.62. The molecule has 0 bridgehead atoms. The number of piperazine rings is 1. The molecule has 2 N–H and O–H groups in total. The van der Waals surface area contributed by atoms with Crippen LogP contribution in [0.4, 0.5) is 5.69 Å². The first kappa shape index (κ1) is 13.9. The average molecular weight is 283 g/mol. The van der Waals surface area contributed by atoms with Gasteiger partial charge in [-0.15, -0.1) is 0 Å². The lowest BCUT2D eigenvalue weighted by atomic mass is 10.00. The third-order valence-corrected chi connectivity index (χ3v) is 4.17. The third kappa shape index (κ3) is 3.00. The highest BCUT2D eigenvalue weighted by molar-refractivity contribution is 5.92. The summed E-state index contributed by atoms with van der Waals surface area (Å²) in [4.78, 5) is 16.1. The first-order valence-corrected chi connectivity index (χ1v) is 7.37. The number of hydrogen-bond acceptors (Lipinski definition) is 3. The summed E-state index contributed by atoms with van der Waals surface area (Å²) in [5.41, 5.74) is 7.62. The summed E-state index contributed by atoms with van der Waals surface area (Å²) in [5, 5.41) is 2.29. The van der Waals surface area contributed by atoms with Gasteiger partial charge < -0.3 is 15.5 Å². The van der Waals surface area contributed by atoms with Crippen LogP contribution in [0.2, 0.25) is 0 Å². The molecule has 0 aliphatic carbocycles. The highest BCUT2D eigenvalue weighted by Crippen LogP contribution is 2.27. The number of primary amides is 1. The largest absolute Gasteiger partial charge is 0.369 e. The molecule has 0 aromatic heterocycles. The van der Waals surface area contributed by atoms with Crippen molar-refractivity contribution in [1.29, 1.82) is 0 Å². The molecule has 110 valence electrons. The molecule has 4 nitrogen and oxygen atoms in total. The van der Waals surface area contributed by atoms with Crippen LogP contribution in [-0.2, 0) is 11.2 Å². The zero-order valence-electron chi connectivity index (χ0n) is 12.4. The fourth-order valence-corrected chi connectivity index (χ4v) is 2.95. The molecule has 0 unspecified atom stereocenters. The van der Waals surface area contributed by atoms with Gasteiger partial charge in [0, 0.05) is 31.9 Å². The van der Waals surface area contributed by atoms with Crippen LogP contribution in [0.25, 0.3) is 10.8 Å². The van der Waals surface area contributed by atoms with Crippen molar-refractivity contribution in [2.75, 3.05) is 38.1 Å². The van der Waals surface area contributed by atoms with E-state index >= 15 is 0 Å². The second-order valence-electron chi connectivity index (χ2n) is 5.76.